The third-order valence-electron chi connectivity index (χ3n) is 3.84. The molecule has 2 aromatic carbocycles. The van der Waals surface area contributed by atoms with Crippen LogP contribution in [0.5, 0.6) is 5.75 Å². The Labute approximate surface area is 151 Å². The maximum absolute atomic E-state index is 12.1. The van der Waals surface area contributed by atoms with E-state index in [9.17, 15) is 4.79 Å². The Balaban J connectivity index is 1.55. The van der Waals surface area contributed by atoms with Crippen molar-refractivity contribution in [2.75, 3.05) is 13.7 Å². The number of aryl methyl sites for hydroxylation is 1. The molecule has 0 aliphatic rings. The Kier molecular flexibility index (Phi) is 5.46. The van der Waals surface area contributed by atoms with E-state index in [0.717, 1.165) is 27.6 Å². The lowest BCUT2D eigenvalue weighted by molar-refractivity contribution is 0.0954. The van der Waals surface area contributed by atoms with E-state index in [2.05, 4.69) is 10.3 Å². The number of carbonyl (C=O) groups excluding carboxylic acids is 1. The zero-order valence-electron chi connectivity index (χ0n) is 14.3. The normalized spacial score (nSPS) is 10.5. The van der Waals surface area contributed by atoms with Gasteiger partial charge in [0.25, 0.3) is 5.91 Å². The first-order valence-corrected chi connectivity index (χ1v) is 8.97. The van der Waals surface area contributed by atoms with Gasteiger partial charge in [-0.1, -0.05) is 17.7 Å². The van der Waals surface area contributed by atoms with Crippen molar-refractivity contribution in [1.29, 1.82) is 0 Å². The molecule has 0 atom stereocenters. The van der Waals surface area contributed by atoms with Crippen LogP contribution in [-0.2, 0) is 6.42 Å². The van der Waals surface area contributed by atoms with E-state index in [4.69, 9.17) is 4.74 Å². The van der Waals surface area contributed by atoms with Crippen molar-refractivity contribution in [3.8, 4) is 16.3 Å². The first-order chi connectivity index (χ1) is 12.2. The van der Waals surface area contributed by atoms with Crippen LogP contribution in [-0.4, -0.2) is 24.5 Å². The third-order valence-corrected chi connectivity index (χ3v) is 4.78. The van der Waals surface area contributed by atoms with E-state index in [1.54, 1.807) is 18.4 Å². The van der Waals surface area contributed by atoms with Gasteiger partial charge in [0.2, 0.25) is 0 Å². The summed E-state index contributed by atoms with van der Waals surface area (Å²) in [7, 11) is 1.65. The van der Waals surface area contributed by atoms with Crippen LogP contribution in [0, 0.1) is 6.92 Å². The SMILES string of the molecule is COc1ccc(-c2nc(CCNC(=O)c3cccc(C)c3)cs2)cc1. The standard InChI is InChI=1S/C20H20N2O2S/c1-14-4-3-5-16(12-14)19(23)21-11-10-17-13-25-20(22-17)15-6-8-18(24-2)9-7-15/h3-9,12-13H,10-11H2,1-2H3,(H,21,23). The molecule has 0 saturated heterocycles. The molecule has 0 saturated carbocycles. The molecule has 5 heteroatoms. The lowest BCUT2D eigenvalue weighted by Gasteiger charge is -2.04. The van der Waals surface area contributed by atoms with Crippen LogP contribution in [0.3, 0.4) is 0 Å². The zero-order chi connectivity index (χ0) is 17.6. The quantitative estimate of drug-likeness (QED) is 0.727. The molecule has 0 radical (unpaired) electrons. The summed E-state index contributed by atoms with van der Waals surface area (Å²) in [6.45, 7) is 2.55. The van der Waals surface area contributed by atoms with Crippen LogP contribution >= 0.6 is 11.3 Å². The van der Waals surface area contributed by atoms with Crippen molar-refractivity contribution in [1.82, 2.24) is 10.3 Å². The highest BCUT2D eigenvalue weighted by Gasteiger charge is 2.07. The number of ether oxygens (including phenoxy) is 1. The maximum atomic E-state index is 12.1. The van der Waals surface area contributed by atoms with Gasteiger partial charge in [-0.15, -0.1) is 11.3 Å². The number of nitrogens with one attached hydrogen (secondary N) is 1. The van der Waals surface area contributed by atoms with Gasteiger partial charge >= 0.3 is 0 Å². The molecule has 0 aliphatic carbocycles. The van der Waals surface area contributed by atoms with Gasteiger partial charge in [0, 0.05) is 29.5 Å². The zero-order valence-corrected chi connectivity index (χ0v) is 15.1. The molecule has 4 nitrogen and oxygen atoms in total. The number of hydrogen-bond donors (Lipinski definition) is 1. The third kappa shape index (κ3) is 4.45. The topological polar surface area (TPSA) is 51.2 Å². The summed E-state index contributed by atoms with van der Waals surface area (Å²) < 4.78 is 5.17. The van der Waals surface area contributed by atoms with E-state index in [1.165, 1.54) is 0 Å². The van der Waals surface area contributed by atoms with Gasteiger partial charge in [-0.05, 0) is 43.3 Å². The second kappa shape index (κ2) is 7.94. The number of thiazole rings is 1. The highest BCUT2D eigenvalue weighted by atomic mass is 32.1. The molecule has 0 spiro atoms. The summed E-state index contributed by atoms with van der Waals surface area (Å²) in [5.74, 6) is 0.786. The molecular weight excluding hydrogens is 332 g/mol. The average molecular weight is 352 g/mol. The van der Waals surface area contributed by atoms with Gasteiger partial charge in [-0.25, -0.2) is 4.98 Å². The van der Waals surface area contributed by atoms with Crippen LogP contribution in [0.1, 0.15) is 21.6 Å². The summed E-state index contributed by atoms with van der Waals surface area (Å²) in [6, 6.07) is 15.4. The number of rotatable bonds is 6. The molecule has 0 bridgehead atoms. The number of amides is 1. The number of nitrogens with zero attached hydrogens (tertiary/aromatic N) is 1. The predicted octanol–water partition coefficient (Wildman–Crippen LogP) is 4.10. The fourth-order valence-electron chi connectivity index (χ4n) is 2.48. The second-order valence-electron chi connectivity index (χ2n) is 5.75. The summed E-state index contributed by atoms with van der Waals surface area (Å²) in [5.41, 5.74) is 3.83. The summed E-state index contributed by atoms with van der Waals surface area (Å²) in [6.07, 6.45) is 0.713. The number of hydrogen-bond acceptors (Lipinski definition) is 4. The van der Waals surface area contributed by atoms with Crippen LogP contribution in [0.15, 0.2) is 53.9 Å². The van der Waals surface area contributed by atoms with Gasteiger partial charge in [0.1, 0.15) is 10.8 Å². The molecule has 0 unspecified atom stereocenters. The molecule has 3 rings (SSSR count). The van der Waals surface area contributed by atoms with E-state index in [1.807, 2.05) is 60.8 Å². The van der Waals surface area contributed by atoms with E-state index < -0.39 is 0 Å². The first-order valence-electron chi connectivity index (χ1n) is 8.09. The average Bonchev–Trinajstić information content (AvgIpc) is 3.10. The van der Waals surface area contributed by atoms with Gasteiger partial charge in [0.15, 0.2) is 0 Å². The Morgan fingerprint density at radius 1 is 1.20 bits per heavy atom. The number of benzene rings is 2. The molecule has 1 heterocycles. The number of aromatic nitrogens is 1. The first kappa shape index (κ1) is 17.2. The van der Waals surface area contributed by atoms with Crippen molar-refractivity contribution >= 4 is 17.2 Å². The largest absolute Gasteiger partial charge is 0.497 e. The van der Waals surface area contributed by atoms with E-state index in [-0.39, 0.29) is 5.91 Å². The molecule has 0 aliphatic heterocycles. The lowest BCUT2D eigenvalue weighted by atomic mass is 10.1. The van der Waals surface area contributed by atoms with Crippen LogP contribution < -0.4 is 10.1 Å². The van der Waals surface area contributed by atoms with Gasteiger partial charge in [-0.3, -0.25) is 4.79 Å². The molecule has 25 heavy (non-hydrogen) atoms. The van der Waals surface area contributed by atoms with E-state index in [0.29, 0.717) is 18.5 Å². The molecular formula is C20H20N2O2S. The van der Waals surface area contributed by atoms with Crippen LogP contribution in [0.4, 0.5) is 0 Å². The van der Waals surface area contributed by atoms with Gasteiger partial charge in [-0.2, -0.15) is 0 Å². The van der Waals surface area contributed by atoms with Crippen molar-refractivity contribution in [3.63, 3.8) is 0 Å². The second-order valence-corrected chi connectivity index (χ2v) is 6.61. The Morgan fingerprint density at radius 2 is 2.00 bits per heavy atom. The van der Waals surface area contributed by atoms with E-state index >= 15 is 0 Å². The number of methoxy groups -OCH3 is 1. The molecule has 1 aromatic heterocycles. The number of carbonyl (C=O) groups is 1. The monoisotopic (exact) mass is 352 g/mol. The minimum atomic E-state index is -0.0469. The highest BCUT2D eigenvalue weighted by Crippen LogP contribution is 2.25. The van der Waals surface area contributed by atoms with Crippen LogP contribution in [0.2, 0.25) is 0 Å². The summed E-state index contributed by atoms with van der Waals surface area (Å²) in [4.78, 5) is 16.8. The van der Waals surface area contributed by atoms with Gasteiger partial charge in [0.05, 0.1) is 12.8 Å². The summed E-state index contributed by atoms with van der Waals surface area (Å²) in [5, 5.41) is 5.96. The fourth-order valence-corrected chi connectivity index (χ4v) is 3.34. The Morgan fingerprint density at radius 3 is 2.72 bits per heavy atom. The van der Waals surface area contributed by atoms with Crippen molar-refractivity contribution in [3.05, 3.63) is 70.7 Å². The minimum Gasteiger partial charge on any atom is -0.497 e. The molecule has 128 valence electrons. The van der Waals surface area contributed by atoms with Crippen LogP contribution in [0.25, 0.3) is 10.6 Å². The fraction of sp³-hybridized carbons (Fsp3) is 0.200. The minimum absolute atomic E-state index is 0.0469. The Bertz CT molecular complexity index is 856. The molecule has 1 amide bonds. The molecule has 3 aromatic rings. The van der Waals surface area contributed by atoms with Crippen molar-refractivity contribution < 1.29 is 9.53 Å². The van der Waals surface area contributed by atoms with Crippen molar-refractivity contribution in [2.24, 2.45) is 0 Å². The smallest absolute Gasteiger partial charge is 0.251 e. The predicted molar refractivity (Wildman–Crippen MR) is 101 cm³/mol. The lowest BCUT2D eigenvalue weighted by Crippen LogP contribution is -2.25. The summed E-state index contributed by atoms with van der Waals surface area (Å²) >= 11 is 1.61. The van der Waals surface area contributed by atoms with Crippen molar-refractivity contribution in [2.45, 2.75) is 13.3 Å². The highest BCUT2D eigenvalue weighted by molar-refractivity contribution is 7.13. The molecule has 0 fully saturated rings. The maximum Gasteiger partial charge on any atom is 0.251 e. The molecule has 1 N–H and O–H groups in total. The Hall–Kier alpha value is -2.66. The van der Waals surface area contributed by atoms with Gasteiger partial charge < -0.3 is 10.1 Å².